The van der Waals surface area contributed by atoms with Gasteiger partial charge in [-0.2, -0.15) is 0 Å². The van der Waals surface area contributed by atoms with Gasteiger partial charge in [-0.15, -0.1) is 0 Å². The van der Waals surface area contributed by atoms with Gasteiger partial charge in [0.25, 0.3) is 5.91 Å². The predicted molar refractivity (Wildman–Crippen MR) is 121 cm³/mol. The van der Waals surface area contributed by atoms with E-state index in [4.69, 9.17) is 9.47 Å². The first kappa shape index (κ1) is 25.2. The normalized spacial score (nSPS) is 11.1. The molecule has 174 valence electrons. The highest BCUT2D eigenvalue weighted by Gasteiger charge is 2.20. The van der Waals surface area contributed by atoms with Gasteiger partial charge < -0.3 is 20.1 Å². The van der Waals surface area contributed by atoms with Crippen LogP contribution in [-0.2, 0) is 19.6 Å². The maximum absolute atomic E-state index is 12.6. The second-order valence-corrected chi connectivity index (χ2v) is 8.97. The number of likely N-dealkylation sites (N-methyl/N-ethyl adjacent to an activating group) is 1. The predicted octanol–water partition coefficient (Wildman–Crippen LogP) is 2.25. The summed E-state index contributed by atoms with van der Waals surface area (Å²) in [5.74, 6) is 0.657. The number of amides is 2. The Balaban J connectivity index is 1.78. The number of anilines is 1. The molecule has 0 aromatic heterocycles. The van der Waals surface area contributed by atoms with Crippen LogP contribution < -0.4 is 20.1 Å². The number of rotatable bonds is 12. The van der Waals surface area contributed by atoms with Crippen LogP contribution in [-0.4, -0.2) is 58.4 Å². The molecular weight excluding hydrogens is 434 g/mol. The molecule has 32 heavy (non-hydrogen) atoms. The van der Waals surface area contributed by atoms with E-state index in [1.54, 1.807) is 36.4 Å². The van der Waals surface area contributed by atoms with Gasteiger partial charge in [0.15, 0.2) is 6.61 Å². The molecule has 0 unspecified atom stereocenters. The third kappa shape index (κ3) is 7.54. The molecule has 0 aliphatic carbocycles. The van der Waals surface area contributed by atoms with Gasteiger partial charge in [-0.3, -0.25) is 9.59 Å². The summed E-state index contributed by atoms with van der Waals surface area (Å²) in [4.78, 5) is 23.8. The standard InChI is InChI=1S/C22H29N3O6S/c1-4-23-22(27)16-31-19-9-7-17(8-10-19)24-21(26)6-5-15-25(2)32(28,29)20-13-11-18(30-3)12-14-20/h7-14H,4-6,15-16H2,1-3H3,(H,23,27)(H,24,26). The number of hydrogen-bond donors (Lipinski definition) is 2. The van der Waals surface area contributed by atoms with Crippen LogP contribution in [0.4, 0.5) is 5.69 Å². The zero-order chi connectivity index (χ0) is 23.6. The minimum Gasteiger partial charge on any atom is -0.497 e. The summed E-state index contributed by atoms with van der Waals surface area (Å²) in [6.45, 7) is 2.49. The van der Waals surface area contributed by atoms with Crippen LogP contribution in [0.25, 0.3) is 0 Å². The Morgan fingerprint density at radius 1 is 0.969 bits per heavy atom. The molecule has 0 atom stereocenters. The molecule has 0 aliphatic rings. The number of methoxy groups -OCH3 is 1. The maximum atomic E-state index is 12.6. The molecule has 0 fully saturated rings. The number of carbonyl (C=O) groups excluding carboxylic acids is 2. The van der Waals surface area contributed by atoms with E-state index in [0.29, 0.717) is 30.2 Å². The Hall–Kier alpha value is -3.11. The minimum atomic E-state index is -3.64. The molecule has 10 heteroatoms. The van der Waals surface area contributed by atoms with Crippen molar-refractivity contribution in [2.45, 2.75) is 24.7 Å². The fourth-order valence-electron chi connectivity index (χ4n) is 2.77. The Labute approximate surface area is 188 Å². The van der Waals surface area contributed by atoms with E-state index in [-0.39, 0.29) is 36.3 Å². The lowest BCUT2D eigenvalue weighted by Gasteiger charge is -2.17. The lowest BCUT2D eigenvalue weighted by Crippen LogP contribution is -2.28. The van der Waals surface area contributed by atoms with Crippen LogP contribution in [0.1, 0.15) is 19.8 Å². The Morgan fingerprint density at radius 2 is 1.59 bits per heavy atom. The molecular formula is C22H29N3O6S. The van der Waals surface area contributed by atoms with Crippen molar-refractivity contribution >= 4 is 27.5 Å². The fourth-order valence-corrected chi connectivity index (χ4v) is 3.97. The molecule has 2 rings (SSSR count). The van der Waals surface area contributed by atoms with Crippen LogP contribution in [0.3, 0.4) is 0 Å². The van der Waals surface area contributed by atoms with Crippen LogP contribution in [0.15, 0.2) is 53.4 Å². The molecule has 0 saturated heterocycles. The summed E-state index contributed by atoms with van der Waals surface area (Å²) >= 11 is 0. The average Bonchev–Trinajstić information content (AvgIpc) is 2.78. The van der Waals surface area contributed by atoms with Gasteiger partial charge in [-0.1, -0.05) is 0 Å². The van der Waals surface area contributed by atoms with Gasteiger partial charge in [0.05, 0.1) is 12.0 Å². The van der Waals surface area contributed by atoms with Crippen molar-refractivity contribution in [1.29, 1.82) is 0 Å². The number of benzene rings is 2. The lowest BCUT2D eigenvalue weighted by molar-refractivity contribution is -0.123. The van der Waals surface area contributed by atoms with Gasteiger partial charge in [-0.25, -0.2) is 12.7 Å². The molecule has 0 bridgehead atoms. The molecule has 2 amide bonds. The van der Waals surface area contributed by atoms with Crippen molar-refractivity contribution in [2.75, 3.05) is 39.2 Å². The largest absolute Gasteiger partial charge is 0.497 e. The molecule has 2 aromatic rings. The third-order valence-electron chi connectivity index (χ3n) is 4.53. The van der Waals surface area contributed by atoms with E-state index in [1.807, 2.05) is 6.92 Å². The number of nitrogens with one attached hydrogen (secondary N) is 2. The zero-order valence-electron chi connectivity index (χ0n) is 18.5. The molecule has 0 saturated carbocycles. The summed E-state index contributed by atoms with van der Waals surface area (Å²) < 4.78 is 36.8. The number of ether oxygens (including phenoxy) is 2. The topological polar surface area (TPSA) is 114 Å². The van der Waals surface area contributed by atoms with Gasteiger partial charge in [-0.05, 0) is 61.9 Å². The molecule has 0 aliphatic heterocycles. The quantitative estimate of drug-likeness (QED) is 0.499. The Kier molecular flexibility index (Phi) is 9.48. The molecule has 2 N–H and O–H groups in total. The van der Waals surface area contributed by atoms with E-state index in [1.165, 1.54) is 30.6 Å². The van der Waals surface area contributed by atoms with Crippen molar-refractivity contribution in [3.8, 4) is 11.5 Å². The Morgan fingerprint density at radius 3 is 2.19 bits per heavy atom. The van der Waals surface area contributed by atoms with E-state index in [2.05, 4.69) is 10.6 Å². The summed E-state index contributed by atoms with van der Waals surface area (Å²) in [5, 5.41) is 5.39. The SMILES string of the molecule is CCNC(=O)COc1ccc(NC(=O)CCCN(C)S(=O)(=O)c2ccc(OC)cc2)cc1. The highest BCUT2D eigenvalue weighted by atomic mass is 32.2. The second kappa shape index (κ2) is 12.1. The first-order chi connectivity index (χ1) is 15.3. The zero-order valence-corrected chi connectivity index (χ0v) is 19.3. The second-order valence-electron chi connectivity index (χ2n) is 6.92. The van der Waals surface area contributed by atoms with Gasteiger partial charge in [0.1, 0.15) is 11.5 Å². The molecule has 9 nitrogen and oxygen atoms in total. The number of sulfonamides is 1. The van der Waals surface area contributed by atoms with Crippen molar-refractivity contribution in [3.05, 3.63) is 48.5 Å². The highest BCUT2D eigenvalue weighted by Crippen LogP contribution is 2.19. The van der Waals surface area contributed by atoms with Gasteiger partial charge in [0, 0.05) is 32.2 Å². The molecule has 0 spiro atoms. The molecule has 0 heterocycles. The van der Waals surface area contributed by atoms with E-state index in [0.717, 1.165) is 0 Å². The first-order valence-corrected chi connectivity index (χ1v) is 11.6. The smallest absolute Gasteiger partial charge is 0.257 e. The Bertz CT molecular complexity index is 991. The number of nitrogens with zero attached hydrogens (tertiary/aromatic N) is 1. The lowest BCUT2D eigenvalue weighted by atomic mass is 10.2. The highest BCUT2D eigenvalue weighted by molar-refractivity contribution is 7.89. The van der Waals surface area contributed by atoms with E-state index < -0.39 is 10.0 Å². The van der Waals surface area contributed by atoms with Crippen LogP contribution >= 0.6 is 0 Å². The fraction of sp³-hybridized carbons (Fsp3) is 0.364. The maximum Gasteiger partial charge on any atom is 0.257 e. The number of carbonyl (C=O) groups is 2. The average molecular weight is 464 g/mol. The van der Waals surface area contributed by atoms with Crippen LogP contribution in [0.5, 0.6) is 11.5 Å². The third-order valence-corrected chi connectivity index (χ3v) is 6.40. The summed E-state index contributed by atoms with van der Waals surface area (Å²) in [6, 6.07) is 12.8. The number of hydrogen-bond acceptors (Lipinski definition) is 6. The van der Waals surface area contributed by atoms with E-state index in [9.17, 15) is 18.0 Å². The molecule has 2 aromatic carbocycles. The summed E-state index contributed by atoms with van der Waals surface area (Å²) in [7, 11) is -0.643. The summed E-state index contributed by atoms with van der Waals surface area (Å²) in [5.41, 5.74) is 0.583. The molecule has 0 radical (unpaired) electrons. The monoisotopic (exact) mass is 463 g/mol. The van der Waals surface area contributed by atoms with Crippen molar-refractivity contribution in [2.24, 2.45) is 0 Å². The minimum absolute atomic E-state index is 0.0769. The summed E-state index contributed by atoms with van der Waals surface area (Å²) in [6.07, 6.45) is 0.531. The van der Waals surface area contributed by atoms with Gasteiger partial charge in [0.2, 0.25) is 15.9 Å². The van der Waals surface area contributed by atoms with Crippen molar-refractivity contribution in [3.63, 3.8) is 0 Å². The first-order valence-electron chi connectivity index (χ1n) is 10.2. The van der Waals surface area contributed by atoms with E-state index >= 15 is 0 Å². The van der Waals surface area contributed by atoms with Crippen molar-refractivity contribution in [1.82, 2.24) is 9.62 Å². The van der Waals surface area contributed by atoms with Crippen LogP contribution in [0.2, 0.25) is 0 Å². The van der Waals surface area contributed by atoms with Gasteiger partial charge >= 0.3 is 0 Å². The van der Waals surface area contributed by atoms with Crippen LogP contribution in [0, 0.1) is 0 Å². The van der Waals surface area contributed by atoms with Crippen molar-refractivity contribution < 1.29 is 27.5 Å².